The highest BCUT2D eigenvalue weighted by Gasteiger charge is 2.19. The molecule has 0 bridgehead atoms. The highest BCUT2D eigenvalue weighted by atomic mass is 16.6. The SMILES string of the molecule is CCCCC/C=C\CCCCCCCC(=O)OCC(COC(=O)CCCCCCC/C=C\CCCCCCCCC)OC(=O)CC/C=C\C/C=C\CCCCCCCC. The van der Waals surface area contributed by atoms with Gasteiger partial charge in [0.1, 0.15) is 13.2 Å². The van der Waals surface area contributed by atoms with E-state index in [9.17, 15) is 14.4 Å². The average molecular weight is 827 g/mol. The zero-order valence-corrected chi connectivity index (χ0v) is 39.0. The largest absolute Gasteiger partial charge is 0.462 e. The second-order valence-corrected chi connectivity index (χ2v) is 16.7. The number of esters is 3. The lowest BCUT2D eigenvalue weighted by atomic mass is 10.1. The minimum absolute atomic E-state index is 0.102. The Hall–Kier alpha value is -2.63. The van der Waals surface area contributed by atoms with Gasteiger partial charge in [0.05, 0.1) is 0 Å². The zero-order valence-electron chi connectivity index (χ0n) is 39.0. The molecule has 0 N–H and O–H groups in total. The highest BCUT2D eigenvalue weighted by molar-refractivity contribution is 5.71. The fraction of sp³-hybridized carbons (Fsp3) is 0.792. The Morgan fingerprint density at radius 2 is 0.644 bits per heavy atom. The predicted octanol–water partition coefficient (Wildman–Crippen LogP) is 16.3. The average Bonchev–Trinajstić information content (AvgIpc) is 3.23. The van der Waals surface area contributed by atoms with E-state index in [2.05, 4.69) is 63.3 Å². The van der Waals surface area contributed by atoms with Crippen LogP contribution in [0.1, 0.15) is 252 Å². The number of hydrogen-bond donors (Lipinski definition) is 0. The van der Waals surface area contributed by atoms with Gasteiger partial charge in [-0.25, -0.2) is 0 Å². The Morgan fingerprint density at radius 3 is 1.05 bits per heavy atom. The summed E-state index contributed by atoms with van der Waals surface area (Å²) in [6.07, 6.45) is 56.8. The summed E-state index contributed by atoms with van der Waals surface area (Å²) in [5, 5.41) is 0. The molecule has 0 heterocycles. The van der Waals surface area contributed by atoms with Gasteiger partial charge in [-0.2, -0.15) is 0 Å². The topological polar surface area (TPSA) is 78.9 Å². The Morgan fingerprint density at radius 1 is 0.339 bits per heavy atom. The van der Waals surface area contributed by atoms with Gasteiger partial charge in [0.2, 0.25) is 0 Å². The molecule has 0 spiro atoms. The van der Waals surface area contributed by atoms with E-state index in [1.807, 2.05) is 6.08 Å². The molecular formula is C53H94O6. The van der Waals surface area contributed by atoms with Crippen LogP contribution in [-0.2, 0) is 28.6 Å². The Bertz CT molecular complexity index is 1040. The molecule has 6 heteroatoms. The van der Waals surface area contributed by atoms with Gasteiger partial charge in [0, 0.05) is 19.3 Å². The van der Waals surface area contributed by atoms with Crippen molar-refractivity contribution >= 4 is 17.9 Å². The van der Waals surface area contributed by atoms with Crippen molar-refractivity contribution in [3.05, 3.63) is 48.6 Å². The maximum absolute atomic E-state index is 12.7. The van der Waals surface area contributed by atoms with Crippen molar-refractivity contribution in [1.29, 1.82) is 0 Å². The summed E-state index contributed by atoms with van der Waals surface area (Å²) in [6, 6.07) is 0. The van der Waals surface area contributed by atoms with E-state index in [0.717, 1.165) is 64.2 Å². The first kappa shape index (κ1) is 56.4. The van der Waals surface area contributed by atoms with Crippen LogP contribution < -0.4 is 0 Å². The summed E-state index contributed by atoms with van der Waals surface area (Å²) in [7, 11) is 0. The Balaban J connectivity index is 4.44. The lowest BCUT2D eigenvalue weighted by molar-refractivity contribution is -0.166. The molecule has 0 aromatic carbocycles. The smallest absolute Gasteiger partial charge is 0.306 e. The van der Waals surface area contributed by atoms with Crippen LogP contribution in [0, 0.1) is 0 Å². The zero-order chi connectivity index (χ0) is 43.0. The third-order valence-electron chi connectivity index (χ3n) is 10.8. The number of unbranched alkanes of at least 4 members (excludes halogenated alkanes) is 26. The van der Waals surface area contributed by atoms with Crippen molar-refractivity contribution in [1.82, 2.24) is 0 Å². The minimum atomic E-state index is -0.807. The van der Waals surface area contributed by atoms with Crippen molar-refractivity contribution in [3.8, 4) is 0 Å². The van der Waals surface area contributed by atoms with Crippen molar-refractivity contribution in [2.24, 2.45) is 0 Å². The molecule has 0 fully saturated rings. The number of allylic oxidation sites excluding steroid dienone is 8. The molecular weight excluding hydrogens is 733 g/mol. The molecule has 0 aliphatic rings. The Labute approximate surface area is 365 Å². The second-order valence-electron chi connectivity index (χ2n) is 16.7. The van der Waals surface area contributed by atoms with Gasteiger partial charge >= 0.3 is 17.9 Å². The molecule has 0 aromatic rings. The normalized spacial score (nSPS) is 12.4. The van der Waals surface area contributed by atoms with Crippen molar-refractivity contribution < 1.29 is 28.6 Å². The van der Waals surface area contributed by atoms with Gasteiger partial charge in [0.15, 0.2) is 6.10 Å². The number of hydrogen-bond acceptors (Lipinski definition) is 6. The van der Waals surface area contributed by atoms with Crippen LogP contribution in [-0.4, -0.2) is 37.2 Å². The lowest BCUT2D eigenvalue weighted by Crippen LogP contribution is -2.30. The third-order valence-corrected chi connectivity index (χ3v) is 10.8. The first-order valence-electron chi connectivity index (χ1n) is 25.1. The number of ether oxygens (including phenoxy) is 3. The Kier molecular flexibility index (Phi) is 45.9. The summed E-state index contributed by atoms with van der Waals surface area (Å²) in [5.41, 5.74) is 0. The van der Waals surface area contributed by atoms with E-state index in [1.165, 1.54) is 141 Å². The summed E-state index contributed by atoms with van der Waals surface area (Å²) in [4.78, 5) is 37.8. The molecule has 1 unspecified atom stereocenters. The van der Waals surface area contributed by atoms with E-state index in [0.29, 0.717) is 19.3 Å². The van der Waals surface area contributed by atoms with Crippen LogP contribution >= 0.6 is 0 Å². The molecule has 0 saturated carbocycles. The molecule has 0 aliphatic carbocycles. The lowest BCUT2D eigenvalue weighted by Gasteiger charge is -2.18. The molecule has 0 rings (SSSR count). The van der Waals surface area contributed by atoms with Crippen LogP contribution in [0.3, 0.4) is 0 Å². The van der Waals surface area contributed by atoms with Crippen molar-refractivity contribution in [2.75, 3.05) is 13.2 Å². The van der Waals surface area contributed by atoms with Crippen LogP contribution in [0.2, 0.25) is 0 Å². The fourth-order valence-corrected chi connectivity index (χ4v) is 6.95. The monoisotopic (exact) mass is 827 g/mol. The standard InChI is InChI=1S/C53H94O6/c1-4-7-10-13-16-19-22-25-26-27-29-31-34-37-40-43-46-52(55)58-49-50(48-57-51(54)45-42-39-36-33-30-24-21-18-15-12-9-6-3)59-53(56)47-44-41-38-35-32-28-23-20-17-14-11-8-5-2/h18,21,26-28,32,38,41,50H,4-17,19-20,22-25,29-31,33-37,39-40,42-49H2,1-3H3/b21-18-,27-26-,32-28-,41-38-. The van der Waals surface area contributed by atoms with Crippen LogP contribution in [0.4, 0.5) is 0 Å². The molecule has 1 atom stereocenters. The van der Waals surface area contributed by atoms with Gasteiger partial charge in [-0.3, -0.25) is 14.4 Å². The van der Waals surface area contributed by atoms with Crippen molar-refractivity contribution in [3.63, 3.8) is 0 Å². The fourth-order valence-electron chi connectivity index (χ4n) is 6.95. The van der Waals surface area contributed by atoms with Gasteiger partial charge in [0.25, 0.3) is 0 Å². The predicted molar refractivity (Wildman–Crippen MR) is 252 cm³/mol. The van der Waals surface area contributed by atoms with Gasteiger partial charge in [-0.1, -0.05) is 191 Å². The van der Waals surface area contributed by atoms with E-state index < -0.39 is 6.10 Å². The minimum Gasteiger partial charge on any atom is -0.462 e. The highest BCUT2D eigenvalue weighted by Crippen LogP contribution is 2.13. The van der Waals surface area contributed by atoms with Gasteiger partial charge in [-0.15, -0.1) is 0 Å². The number of carbonyl (C=O) groups is 3. The number of rotatable bonds is 45. The molecule has 342 valence electrons. The van der Waals surface area contributed by atoms with Crippen LogP contribution in [0.25, 0.3) is 0 Å². The summed E-state index contributed by atoms with van der Waals surface area (Å²) in [6.45, 7) is 6.54. The summed E-state index contributed by atoms with van der Waals surface area (Å²) >= 11 is 0. The summed E-state index contributed by atoms with van der Waals surface area (Å²) < 4.78 is 16.7. The molecule has 0 saturated heterocycles. The molecule has 0 aliphatic heterocycles. The maximum atomic E-state index is 12.7. The summed E-state index contributed by atoms with van der Waals surface area (Å²) in [5.74, 6) is -0.984. The third kappa shape index (κ3) is 46.3. The second kappa shape index (κ2) is 48.0. The number of carbonyl (C=O) groups excluding carboxylic acids is 3. The van der Waals surface area contributed by atoms with E-state index >= 15 is 0 Å². The first-order chi connectivity index (χ1) is 29.0. The van der Waals surface area contributed by atoms with Crippen LogP contribution in [0.15, 0.2) is 48.6 Å². The molecule has 0 amide bonds. The van der Waals surface area contributed by atoms with Crippen LogP contribution in [0.5, 0.6) is 0 Å². The van der Waals surface area contributed by atoms with Gasteiger partial charge in [-0.05, 0) is 89.9 Å². The molecule has 0 aromatic heterocycles. The van der Waals surface area contributed by atoms with E-state index in [1.54, 1.807) is 0 Å². The quantitative estimate of drug-likeness (QED) is 0.0263. The molecule has 59 heavy (non-hydrogen) atoms. The van der Waals surface area contributed by atoms with E-state index in [4.69, 9.17) is 14.2 Å². The van der Waals surface area contributed by atoms with Crippen molar-refractivity contribution in [2.45, 2.75) is 258 Å². The molecule has 0 radical (unpaired) electrons. The van der Waals surface area contributed by atoms with Gasteiger partial charge < -0.3 is 14.2 Å². The van der Waals surface area contributed by atoms with E-state index in [-0.39, 0.29) is 37.5 Å². The first-order valence-corrected chi connectivity index (χ1v) is 25.1. The molecule has 6 nitrogen and oxygen atoms in total. The maximum Gasteiger partial charge on any atom is 0.306 e.